The van der Waals surface area contributed by atoms with Crippen LogP contribution in [-0.4, -0.2) is 29.8 Å². The zero-order valence-corrected chi connectivity index (χ0v) is 7.89. The van der Waals surface area contributed by atoms with Gasteiger partial charge in [-0.25, -0.2) is 4.79 Å². The molecular formula is C8H14N2OS. The highest BCUT2D eigenvalue weighted by molar-refractivity contribution is 7.80. The van der Waals surface area contributed by atoms with Crippen molar-refractivity contribution in [3.63, 3.8) is 0 Å². The van der Waals surface area contributed by atoms with Gasteiger partial charge in [-0.1, -0.05) is 0 Å². The van der Waals surface area contributed by atoms with Crippen molar-refractivity contribution in [1.82, 2.24) is 10.2 Å². The molecule has 0 saturated heterocycles. The van der Waals surface area contributed by atoms with E-state index in [0.29, 0.717) is 6.54 Å². The van der Waals surface area contributed by atoms with Crippen molar-refractivity contribution in [3.8, 4) is 0 Å². The fourth-order valence-corrected chi connectivity index (χ4v) is 1.29. The topological polar surface area (TPSA) is 32.3 Å². The lowest BCUT2D eigenvalue weighted by Crippen LogP contribution is -2.40. The van der Waals surface area contributed by atoms with E-state index in [-0.39, 0.29) is 6.03 Å². The molecular weight excluding hydrogens is 172 g/mol. The van der Waals surface area contributed by atoms with E-state index < -0.39 is 0 Å². The van der Waals surface area contributed by atoms with Crippen molar-refractivity contribution in [3.05, 3.63) is 12.3 Å². The van der Waals surface area contributed by atoms with Gasteiger partial charge in [0.2, 0.25) is 0 Å². The van der Waals surface area contributed by atoms with E-state index in [9.17, 15) is 4.79 Å². The van der Waals surface area contributed by atoms with Crippen molar-refractivity contribution in [2.45, 2.75) is 12.8 Å². The van der Waals surface area contributed by atoms with Crippen LogP contribution in [0.3, 0.4) is 0 Å². The lowest BCUT2D eigenvalue weighted by molar-refractivity contribution is 0.213. The Morgan fingerprint density at radius 1 is 1.58 bits per heavy atom. The SMILES string of the molecule is O=C1NCC=CN1CCCCS. The van der Waals surface area contributed by atoms with E-state index in [1.807, 2.05) is 12.3 Å². The van der Waals surface area contributed by atoms with E-state index in [0.717, 1.165) is 25.1 Å². The Balaban J connectivity index is 2.25. The molecule has 0 aromatic carbocycles. The van der Waals surface area contributed by atoms with Crippen LogP contribution < -0.4 is 5.32 Å². The van der Waals surface area contributed by atoms with Crippen LogP contribution in [0.1, 0.15) is 12.8 Å². The second-order valence-electron chi connectivity index (χ2n) is 2.69. The molecule has 1 aliphatic heterocycles. The minimum absolute atomic E-state index is 0.0108. The molecule has 3 nitrogen and oxygen atoms in total. The van der Waals surface area contributed by atoms with Gasteiger partial charge in [0.25, 0.3) is 0 Å². The van der Waals surface area contributed by atoms with E-state index in [1.54, 1.807) is 4.90 Å². The van der Waals surface area contributed by atoms with Crippen LogP contribution in [0.25, 0.3) is 0 Å². The minimum Gasteiger partial charge on any atom is -0.334 e. The Hall–Kier alpha value is -0.640. The van der Waals surface area contributed by atoms with E-state index >= 15 is 0 Å². The van der Waals surface area contributed by atoms with Crippen LogP contribution in [0.2, 0.25) is 0 Å². The van der Waals surface area contributed by atoms with Gasteiger partial charge in [-0.15, -0.1) is 0 Å². The van der Waals surface area contributed by atoms with E-state index in [4.69, 9.17) is 0 Å². The maximum absolute atomic E-state index is 11.1. The molecule has 0 saturated carbocycles. The summed E-state index contributed by atoms with van der Waals surface area (Å²) in [4.78, 5) is 12.8. The molecule has 2 amide bonds. The Morgan fingerprint density at radius 2 is 2.42 bits per heavy atom. The highest BCUT2D eigenvalue weighted by Gasteiger charge is 2.11. The maximum atomic E-state index is 11.1. The quantitative estimate of drug-likeness (QED) is 0.502. The molecule has 4 heteroatoms. The number of nitrogens with zero attached hydrogens (tertiary/aromatic N) is 1. The number of nitrogens with one attached hydrogen (secondary N) is 1. The Bertz CT molecular complexity index is 182. The molecule has 12 heavy (non-hydrogen) atoms. The zero-order chi connectivity index (χ0) is 8.81. The van der Waals surface area contributed by atoms with Gasteiger partial charge in [0.1, 0.15) is 0 Å². The molecule has 0 aliphatic carbocycles. The van der Waals surface area contributed by atoms with Crippen molar-refractivity contribution in [2.24, 2.45) is 0 Å². The molecule has 0 spiro atoms. The molecule has 0 unspecified atom stereocenters. The van der Waals surface area contributed by atoms with Gasteiger partial charge in [0.15, 0.2) is 0 Å². The van der Waals surface area contributed by atoms with Crippen LogP contribution in [0.15, 0.2) is 12.3 Å². The zero-order valence-electron chi connectivity index (χ0n) is 6.99. The van der Waals surface area contributed by atoms with Gasteiger partial charge in [-0.3, -0.25) is 0 Å². The number of thiol groups is 1. The Kier molecular flexibility index (Phi) is 4.00. The standard InChI is InChI=1S/C8H14N2OS/c11-8-9-4-3-6-10(8)5-1-2-7-12/h3,6,12H,1-2,4-5,7H2,(H,9,11). The van der Waals surface area contributed by atoms with Gasteiger partial charge in [0.05, 0.1) is 0 Å². The third kappa shape index (κ3) is 2.77. The number of amides is 2. The summed E-state index contributed by atoms with van der Waals surface area (Å²) < 4.78 is 0. The summed E-state index contributed by atoms with van der Waals surface area (Å²) in [7, 11) is 0. The van der Waals surface area contributed by atoms with Gasteiger partial charge >= 0.3 is 6.03 Å². The van der Waals surface area contributed by atoms with Crippen LogP contribution in [0, 0.1) is 0 Å². The summed E-state index contributed by atoms with van der Waals surface area (Å²) in [6.45, 7) is 1.45. The first-order valence-electron chi connectivity index (χ1n) is 4.16. The normalized spacial score (nSPS) is 16.4. The average Bonchev–Trinajstić information content (AvgIpc) is 2.09. The second kappa shape index (κ2) is 5.09. The molecule has 1 heterocycles. The summed E-state index contributed by atoms with van der Waals surface area (Å²) in [6.07, 6.45) is 5.86. The lowest BCUT2D eigenvalue weighted by atomic mass is 10.3. The number of hydrogen-bond acceptors (Lipinski definition) is 2. The molecule has 68 valence electrons. The number of hydrogen-bond donors (Lipinski definition) is 2. The van der Waals surface area contributed by atoms with Crippen molar-refractivity contribution >= 4 is 18.7 Å². The summed E-state index contributed by atoms with van der Waals surface area (Å²) in [5.41, 5.74) is 0. The highest BCUT2D eigenvalue weighted by atomic mass is 32.1. The largest absolute Gasteiger partial charge is 0.334 e. The van der Waals surface area contributed by atoms with Crippen LogP contribution in [-0.2, 0) is 0 Å². The molecule has 0 fully saturated rings. The van der Waals surface area contributed by atoms with Crippen molar-refractivity contribution < 1.29 is 4.79 Å². The fraction of sp³-hybridized carbons (Fsp3) is 0.625. The predicted molar refractivity (Wildman–Crippen MR) is 52.3 cm³/mol. The molecule has 0 aromatic rings. The monoisotopic (exact) mass is 186 g/mol. The number of carbonyl (C=O) groups is 1. The first kappa shape index (κ1) is 9.45. The second-order valence-corrected chi connectivity index (χ2v) is 3.14. The van der Waals surface area contributed by atoms with Crippen LogP contribution in [0.5, 0.6) is 0 Å². The third-order valence-corrected chi connectivity index (χ3v) is 2.04. The summed E-state index contributed by atoms with van der Waals surface area (Å²) in [5.74, 6) is 0.888. The predicted octanol–water partition coefficient (Wildman–Crippen LogP) is 1.24. The third-order valence-electron chi connectivity index (χ3n) is 1.72. The average molecular weight is 186 g/mol. The van der Waals surface area contributed by atoms with Gasteiger partial charge < -0.3 is 10.2 Å². The van der Waals surface area contributed by atoms with Crippen LogP contribution in [0.4, 0.5) is 4.79 Å². The van der Waals surface area contributed by atoms with Crippen molar-refractivity contribution in [1.29, 1.82) is 0 Å². The van der Waals surface area contributed by atoms with Crippen molar-refractivity contribution in [2.75, 3.05) is 18.8 Å². The lowest BCUT2D eigenvalue weighted by Gasteiger charge is -2.21. The first-order chi connectivity index (χ1) is 5.84. The van der Waals surface area contributed by atoms with Gasteiger partial charge in [-0.2, -0.15) is 12.6 Å². The van der Waals surface area contributed by atoms with E-state index in [1.165, 1.54) is 0 Å². The Labute approximate surface area is 78.2 Å². The molecule has 0 aromatic heterocycles. The number of urea groups is 1. The first-order valence-corrected chi connectivity index (χ1v) is 4.80. The van der Waals surface area contributed by atoms with Crippen LogP contribution >= 0.6 is 12.6 Å². The fourth-order valence-electron chi connectivity index (χ4n) is 1.07. The molecule has 1 aliphatic rings. The van der Waals surface area contributed by atoms with Gasteiger partial charge in [0, 0.05) is 19.3 Å². The van der Waals surface area contributed by atoms with Gasteiger partial charge in [-0.05, 0) is 24.7 Å². The highest BCUT2D eigenvalue weighted by Crippen LogP contribution is 2.00. The number of unbranched alkanes of at least 4 members (excludes halogenated alkanes) is 1. The maximum Gasteiger partial charge on any atom is 0.321 e. The molecule has 1 rings (SSSR count). The molecule has 1 N–H and O–H groups in total. The molecule has 0 atom stereocenters. The summed E-state index contributed by atoms with van der Waals surface area (Å²) >= 11 is 4.10. The Morgan fingerprint density at radius 3 is 3.08 bits per heavy atom. The molecule has 0 bridgehead atoms. The number of rotatable bonds is 4. The summed E-state index contributed by atoms with van der Waals surface area (Å²) in [5, 5.41) is 2.74. The molecule has 0 radical (unpaired) electrons. The van der Waals surface area contributed by atoms with E-state index in [2.05, 4.69) is 17.9 Å². The summed E-state index contributed by atoms with van der Waals surface area (Å²) in [6, 6.07) is 0.0108. The minimum atomic E-state index is 0.0108. The smallest absolute Gasteiger partial charge is 0.321 e. The number of carbonyl (C=O) groups excluding carboxylic acids is 1.